The van der Waals surface area contributed by atoms with Crippen molar-refractivity contribution in [3.8, 4) is 10.8 Å². The second kappa shape index (κ2) is 6.85. The van der Waals surface area contributed by atoms with Crippen molar-refractivity contribution < 1.29 is 4.42 Å². The van der Waals surface area contributed by atoms with Gasteiger partial charge in [0.05, 0.1) is 10.9 Å². The molecule has 5 heteroatoms. The fraction of sp³-hybridized carbons (Fsp3) is 0.294. The van der Waals surface area contributed by atoms with Gasteiger partial charge in [0.15, 0.2) is 0 Å². The van der Waals surface area contributed by atoms with E-state index in [0.29, 0.717) is 11.8 Å². The summed E-state index contributed by atoms with van der Waals surface area (Å²) in [6.45, 7) is 3.04. The zero-order chi connectivity index (χ0) is 15.4. The summed E-state index contributed by atoms with van der Waals surface area (Å²) in [5, 5.41) is 10.4. The van der Waals surface area contributed by atoms with E-state index in [-0.39, 0.29) is 6.04 Å². The van der Waals surface area contributed by atoms with E-state index in [2.05, 4.69) is 53.3 Å². The Balaban J connectivity index is 1.62. The molecule has 2 heterocycles. The Morgan fingerprint density at radius 2 is 1.95 bits per heavy atom. The highest BCUT2D eigenvalue weighted by molar-refractivity contribution is 7.13. The van der Waals surface area contributed by atoms with E-state index >= 15 is 0 Å². The van der Waals surface area contributed by atoms with Gasteiger partial charge in [-0.3, -0.25) is 4.90 Å². The van der Waals surface area contributed by atoms with Crippen molar-refractivity contribution in [2.75, 3.05) is 13.6 Å². The normalized spacial score (nSPS) is 12.7. The van der Waals surface area contributed by atoms with Crippen molar-refractivity contribution in [3.05, 3.63) is 59.3 Å². The molecule has 114 valence electrons. The lowest BCUT2D eigenvalue weighted by Crippen LogP contribution is -2.25. The summed E-state index contributed by atoms with van der Waals surface area (Å²) in [7, 11) is 2.09. The van der Waals surface area contributed by atoms with Gasteiger partial charge in [-0.15, -0.1) is 21.5 Å². The highest BCUT2D eigenvalue weighted by Gasteiger charge is 2.19. The first kappa shape index (κ1) is 14.9. The van der Waals surface area contributed by atoms with E-state index < -0.39 is 0 Å². The van der Waals surface area contributed by atoms with Crippen LogP contribution in [-0.2, 0) is 6.42 Å². The van der Waals surface area contributed by atoms with Gasteiger partial charge in [0.2, 0.25) is 5.89 Å². The average Bonchev–Trinajstić information content (AvgIpc) is 3.23. The molecule has 3 rings (SSSR count). The molecule has 0 spiro atoms. The largest absolute Gasteiger partial charge is 0.418 e. The molecule has 0 aliphatic carbocycles. The van der Waals surface area contributed by atoms with Gasteiger partial charge < -0.3 is 4.42 Å². The predicted molar refractivity (Wildman–Crippen MR) is 88.8 cm³/mol. The first-order chi connectivity index (χ1) is 10.7. The number of hydrogen-bond donors (Lipinski definition) is 0. The molecular formula is C17H19N3OS. The Kier molecular flexibility index (Phi) is 4.65. The fourth-order valence-corrected chi connectivity index (χ4v) is 2.88. The van der Waals surface area contributed by atoms with Gasteiger partial charge in [-0.05, 0) is 37.4 Å². The van der Waals surface area contributed by atoms with Gasteiger partial charge in [-0.1, -0.05) is 36.4 Å². The first-order valence-electron chi connectivity index (χ1n) is 7.35. The summed E-state index contributed by atoms with van der Waals surface area (Å²) in [4.78, 5) is 3.25. The van der Waals surface area contributed by atoms with Gasteiger partial charge in [0.25, 0.3) is 5.89 Å². The quantitative estimate of drug-likeness (QED) is 0.689. The second-order valence-electron chi connectivity index (χ2n) is 5.31. The number of likely N-dealkylation sites (N-methyl/N-ethyl adjacent to an activating group) is 1. The molecule has 0 radical (unpaired) electrons. The molecular weight excluding hydrogens is 294 g/mol. The van der Waals surface area contributed by atoms with Crippen LogP contribution in [0.5, 0.6) is 0 Å². The van der Waals surface area contributed by atoms with Crippen LogP contribution < -0.4 is 0 Å². The van der Waals surface area contributed by atoms with E-state index in [1.807, 2.05) is 23.6 Å². The molecule has 0 bridgehead atoms. The number of aromatic nitrogens is 2. The Labute approximate surface area is 134 Å². The molecule has 0 amide bonds. The zero-order valence-electron chi connectivity index (χ0n) is 12.8. The average molecular weight is 313 g/mol. The van der Waals surface area contributed by atoms with Crippen LogP contribution in [0.15, 0.2) is 52.3 Å². The third kappa shape index (κ3) is 3.43. The number of nitrogens with zero attached hydrogens (tertiary/aromatic N) is 3. The van der Waals surface area contributed by atoms with Crippen LogP contribution in [0.2, 0.25) is 0 Å². The van der Waals surface area contributed by atoms with Crippen molar-refractivity contribution in [3.63, 3.8) is 0 Å². The van der Waals surface area contributed by atoms with E-state index in [9.17, 15) is 0 Å². The lowest BCUT2D eigenvalue weighted by molar-refractivity contribution is 0.228. The molecule has 0 unspecified atom stereocenters. The van der Waals surface area contributed by atoms with Crippen molar-refractivity contribution in [2.45, 2.75) is 19.4 Å². The monoisotopic (exact) mass is 313 g/mol. The number of thiophene rings is 1. The van der Waals surface area contributed by atoms with Crippen LogP contribution in [0.3, 0.4) is 0 Å². The molecule has 0 saturated carbocycles. The van der Waals surface area contributed by atoms with Crippen LogP contribution in [0.1, 0.15) is 24.4 Å². The summed E-state index contributed by atoms with van der Waals surface area (Å²) >= 11 is 1.61. The van der Waals surface area contributed by atoms with Gasteiger partial charge in [-0.25, -0.2) is 0 Å². The lowest BCUT2D eigenvalue weighted by Gasteiger charge is -2.21. The summed E-state index contributed by atoms with van der Waals surface area (Å²) in [5.74, 6) is 1.27. The Bertz CT molecular complexity index is 694. The Morgan fingerprint density at radius 3 is 2.68 bits per heavy atom. The lowest BCUT2D eigenvalue weighted by atomic mass is 10.1. The van der Waals surface area contributed by atoms with E-state index in [0.717, 1.165) is 17.8 Å². The zero-order valence-corrected chi connectivity index (χ0v) is 13.6. The Morgan fingerprint density at radius 1 is 1.14 bits per heavy atom. The highest BCUT2D eigenvalue weighted by atomic mass is 32.1. The van der Waals surface area contributed by atoms with Gasteiger partial charge in [0.1, 0.15) is 0 Å². The second-order valence-corrected chi connectivity index (χ2v) is 6.26. The predicted octanol–water partition coefficient (Wildman–Crippen LogP) is 4.03. The minimum absolute atomic E-state index is 0.102. The molecule has 0 fully saturated rings. The number of benzene rings is 1. The van der Waals surface area contributed by atoms with Crippen molar-refractivity contribution >= 4 is 11.3 Å². The highest BCUT2D eigenvalue weighted by Crippen LogP contribution is 2.26. The van der Waals surface area contributed by atoms with Gasteiger partial charge >= 0.3 is 0 Å². The molecule has 0 aliphatic heterocycles. The molecule has 22 heavy (non-hydrogen) atoms. The number of hydrogen-bond acceptors (Lipinski definition) is 5. The summed E-state index contributed by atoms with van der Waals surface area (Å²) in [5.41, 5.74) is 1.34. The van der Waals surface area contributed by atoms with Gasteiger partial charge in [-0.2, -0.15) is 0 Å². The summed E-state index contributed by atoms with van der Waals surface area (Å²) in [6.07, 6.45) is 1.01. The Hall–Kier alpha value is -1.98. The molecule has 4 nitrogen and oxygen atoms in total. The molecule has 2 aromatic heterocycles. The molecule has 0 N–H and O–H groups in total. The van der Waals surface area contributed by atoms with Crippen molar-refractivity contribution in [1.29, 1.82) is 0 Å². The summed E-state index contributed by atoms with van der Waals surface area (Å²) < 4.78 is 5.81. The van der Waals surface area contributed by atoms with E-state index in [1.165, 1.54) is 5.56 Å². The maximum atomic E-state index is 5.81. The minimum atomic E-state index is 0.102. The van der Waals surface area contributed by atoms with Crippen LogP contribution in [0.4, 0.5) is 0 Å². The van der Waals surface area contributed by atoms with Crippen molar-refractivity contribution in [2.24, 2.45) is 0 Å². The van der Waals surface area contributed by atoms with Crippen LogP contribution in [0.25, 0.3) is 10.8 Å². The van der Waals surface area contributed by atoms with Crippen LogP contribution in [-0.4, -0.2) is 28.7 Å². The topological polar surface area (TPSA) is 42.2 Å². The van der Waals surface area contributed by atoms with Gasteiger partial charge in [0, 0.05) is 6.54 Å². The molecule has 0 aliphatic rings. The maximum Gasteiger partial charge on any atom is 0.257 e. The van der Waals surface area contributed by atoms with E-state index in [1.54, 1.807) is 11.3 Å². The molecule has 1 atom stereocenters. The maximum absolute atomic E-state index is 5.81. The fourth-order valence-electron chi connectivity index (χ4n) is 2.24. The van der Waals surface area contributed by atoms with E-state index in [4.69, 9.17) is 4.42 Å². The standard InChI is InChI=1S/C17H19N3OS/c1-13(20(2)11-10-14-7-4-3-5-8-14)16-18-19-17(21-16)15-9-6-12-22-15/h3-9,12-13H,10-11H2,1-2H3/t13-/m0/s1. The minimum Gasteiger partial charge on any atom is -0.418 e. The smallest absolute Gasteiger partial charge is 0.257 e. The van der Waals surface area contributed by atoms with Crippen LogP contribution in [0, 0.1) is 0 Å². The third-order valence-corrected chi connectivity index (χ3v) is 4.65. The van der Waals surface area contributed by atoms with Crippen LogP contribution >= 0.6 is 11.3 Å². The number of rotatable bonds is 6. The first-order valence-corrected chi connectivity index (χ1v) is 8.23. The SMILES string of the molecule is C[C@@H](c1nnc(-c2cccs2)o1)N(C)CCc1ccccc1. The molecule has 3 aromatic rings. The van der Waals surface area contributed by atoms with Crippen molar-refractivity contribution in [1.82, 2.24) is 15.1 Å². The summed E-state index contributed by atoms with van der Waals surface area (Å²) in [6, 6.07) is 14.6. The molecule has 1 aromatic carbocycles. The third-order valence-electron chi connectivity index (χ3n) is 3.79. The molecule has 0 saturated heterocycles.